The van der Waals surface area contributed by atoms with Crippen molar-refractivity contribution in [1.82, 2.24) is 0 Å². The molecule has 0 aromatic heterocycles. The van der Waals surface area contributed by atoms with Crippen LogP contribution in [0.15, 0.2) is 60.7 Å². The van der Waals surface area contributed by atoms with Crippen molar-refractivity contribution in [3.05, 3.63) is 71.8 Å². The Morgan fingerprint density at radius 1 is 0.667 bits per heavy atom. The molecule has 2 atom stereocenters. The van der Waals surface area contributed by atoms with Crippen LogP contribution in [0.2, 0.25) is 0 Å². The number of rotatable bonds is 8. The fourth-order valence-electron chi connectivity index (χ4n) is 2.21. The molecule has 2 aromatic carbocycles. The number of ether oxygens (including phenoxy) is 3. The van der Waals surface area contributed by atoms with Crippen LogP contribution in [0.1, 0.15) is 11.1 Å². The zero-order valence-electron chi connectivity index (χ0n) is 12.0. The summed E-state index contributed by atoms with van der Waals surface area (Å²) in [5.41, 5.74) is 2.38. The molecule has 1 heterocycles. The highest BCUT2D eigenvalue weighted by Crippen LogP contribution is 2.23. The molecule has 0 aliphatic carbocycles. The summed E-state index contributed by atoms with van der Waals surface area (Å²) in [6.45, 7) is 2.54. The molecule has 0 radical (unpaired) electrons. The molecule has 3 rings (SSSR count). The summed E-state index contributed by atoms with van der Waals surface area (Å²) < 4.78 is 16.9. The Morgan fingerprint density at radius 3 is 1.52 bits per heavy atom. The summed E-state index contributed by atoms with van der Waals surface area (Å²) in [7, 11) is 0. The van der Waals surface area contributed by atoms with Crippen molar-refractivity contribution >= 4 is 0 Å². The van der Waals surface area contributed by atoms with Gasteiger partial charge in [-0.25, -0.2) is 0 Å². The van der Waals surface area contributed by atoms with Gasteiger partial charge < -0.3 is 14.2 Å². The lowest BCUT2D eigenvalue weighted by Crippen LogP contribution is -2.09. The molecule has 110 valence electrons. The largest absolute Gasteiger partial charge is 0.374 e. The molecule has 2 aromatic rings. The first-order valence-electron chi connectivity index (χ1n) is 7.30. The fraction of sp³-hybridized carbons (Fsp3) is 0.333. The van der Waals surface area contributed by atoms with Crippen LogP contribution in [-0.4, -0.2) is 25.4 Å². The summed E-state index contributed by atoms with van der Waals surface area (Å²) in [6.07, 6.45) is 0.369. The molecule has 3 nitrogen and oxygen atoms in total. The highest BCUT2D eigenvalue weighted by molar-refractivity contribution is 5.14. The quantitative estimate of drug-likeness (QED) is 0.698. The first-order valence-corrected chi connectivity index (χ1v) is 7.30. The lowest BCUT2D eigenvalue weighted by atomic mass is 10.2. The van der Waals surface area contributed by atoms with E-state index in [1.807, 2.05) is 36.4 Å². The first kappa shape index (κ1) is 14.3. The van der Waals surface area contributed by atoms with E-state index in [4.69, 9.17) is 14.2 Å². The van der Waals surface area contributed by atoms with Crippen LogP contribution in [-0.2, 0) is 27.4 Å². The zero-order chi connectivity index (χ0) is 14.3. The Balaban J connectivity index is 1.27. The van der Waals surface area contributed by atoms with Crippen molar-refractivity contribution in [2.24, 2.45) is 0 Å². The summed E-state index contributed by atoms with van der Waals surface area (Å²) >= 11 is 0. The van der Waals surface area contributed by atoms with Gasteiger partial charge >= 0.3 is 0 Å². The number of epoxide rings is 1. The molecule has 1 saturated heterocycles. The van der Waals surface area contributed by atoms with Gasteiger partial charge in [-0.1, -0.05) is 60.7 Å². The molecular weight excluding hydrogens is 264 g/mol. The summed E-state index contributed by atoms with van der Waals surface area (Å²) in [6, 6.07) is 20.4. The third-order valence-corrected chi connectivity index (χ3v) is 3.47. The van der Waals surface area contributed by atoms with Crippen LogP contribution in [0.3, 0.4) is 0 Å². The maximum Gasteiger partial charge on any atom is 0.110 e. The molecule has 1 fully saturated rings. The first-order chi connectivity index (χ1) is 10.4. The lowest BCUT2D eigenvalue weighted by molar-refractivity contribution is 0.103. The van der Waals surface area contributed by atoms with Crippen LogP contribution in [0.25, 0.3) is 0 Å². The molecule has 1 aliphatic heterocycles. The van der Waals surface area contributed by atoms with E-state index in [1.165, 1.54) is 11.1 Å². The second-order valence-electron chi connectivity index (χ2n) is 5.21. The third kappa shape index (κ3) is 4.67. The van der Waals surface area contributed by atoms with Gasteiger partial charge in [0.2, 0.25) is 0 Å². The number of hydrogen-bond acceptors (Lipinski definition) is 3. The average Bonchev–Trinajstić information content (AvgIpc) is 3.28. The summed E-state index contributed by atoms with van der Waals surface area (Å²) in [5.74, 6) is 0. The molecule has 0 N–H and O–H groups in total. The van der Waals surface area contributed by atoms with E-state index in [1.54, 1.807) is 0 Å². The molecule has 0 spiro atoms. The van der Waals surface area contributed by atoms with Crippen molar-refractivity contribution in [1.29, 1.82) is 0 Å². The molecular formula is C18H20O3. The number of hydrogen-bond donors (Lipinski definition) is 0. The smallest absolute Gasteiger partial charge is 0.110 e. The van der Waals surface area contributed by atoms with Gasteiger partial charge in [-0.2, -0.15) is 0 Å². The third-order valence-electron chi connectivity index (χ3n) is 3.47. The second-order valence-corrected chi connectivity index (χ2v) is 5.21. The topological polar surface area (TPSA) is 31.0 Å². The monoisotopic (exact) mass is 284 g/mol. The minimum absolute atomic E-state index is 0.185. The molecule has 0 unspecified atom stereocenters. The zero-order valence-corrected chi connectivity index (χ0v) is 12.0. The predicted molar refractivity (Wildman–Crippen MR) is 80.9 cm³/mol. The van der Waals surface area contributed by atoms with Crippen LogP contribution >= 0.6 is 0 Å². The standard InChI is InChI=1S/C18H20O3/c1-3-7-15(8-4-1)11-19-13-17-18(21-17)14-20-12-16-9-5-2-6-10-16/h1-10,17-18H,11-14H2/t17-,18+. The minimum Gasteiger partial charge on any atom is -0.374 e. The molecule has 21 heavy (non-hydrogen) atoms. The van der Waals surface area contributed by atoms with E-state index in [9.17, 15) is 0 Å². The molecule has 1 aliphatic rings. The van der Waals surface area contributed by atoms with E-state index >= 15 is 0 Å². The van der Waals surface area contributed by atoms with E-state index in [-0.39, 0.29) is 12.2 Å². The average molecular weight is 284 g/mol. The normalized spacial score (nSPS) is 20.4. The van der Waals surface area contributed by atoms with Crippen molar-refractivity contribution < 1.29 is 14.2 Å². The molecule has 0 saturated carbocycles. The van der Waals surface area contributed by atoms with Gasteiger partial charge in [0.15, 0.2) is 0 Å². The van der Waals surface area contributed by atoms with Crippen molar-refractivity contribution in [3.8, 4) is 0 Å². The van der Waals surface area contributed by atoms with E-state index in [0.29, 0.717) is 26.4 Å². The van der Waals surface area contributed by atoms with Gasteiger partial charge in [0, 0.05) is 0 Å². The Kier molecular flexibility index (Phi) is 5.00. The highest BCUT2D eigenvalue weighted by atomic mass is 16.6. The van der Waals surface area contributed by atoms with Gasteiger partial charge in [-0.05, 0) is 11.1 Å². The van der Waals surface area contributed by atoms with E-state index in [2.05, 4.69) is 24.3 Å². The van der Waals surface area contributed by atoms with E-state index in [0.717, 1.165) is 0 Å². The van der Waals surface area contributed by atoms with Gasteiger partial charge in [0.25, 0.3) is 0 Å². The van der Waals surface area contributed by atoms with Gasteiger partial charge in [0.05, 0.1) is 26.4 Å². The summed E-state index contributed by atoms with van der Waals surface area (Å²) in [5, 5.41) is 0. The van der Waals surface area contributed by atoms with Crippen LogP contribution in [0, 0.1) is 0 Å². The van der Waals surface area contributed by atoms with Crippen LogP contribution in [0.5, 0.6) is 0 Å². The molecule has 0 amide bonds. The summed E-state index contributed by atoms with van der Waals surface area (Å²) in [4.78, 5) is 0. The Labute approximate surface area is 125 Å². The number of benzene rings is 2. The Hall–Kier alpha value is -1.68. The predicted octanol–water partition coefficient (Wildman–Crippen LogP) is 3.19. The lowest BCUT2D eigenvalue weighted by Gasteiger charge is -2.03. The SMILES string of the molecule is c1ccc(COC[C@@H]2O[C@@H]2COCc2ccccc2)cc1. The fourth-order valence-corrected chi connectivity index (χ4v) is 2.21. The Bertz CT molecular complexity index is 477. The van der Waals surface area contributed by atoms with Gasteiger partial charge in [-0.3, -0.25) is 0 Å². The van der Waals surface area contributed by atoms with Gasteiger partial charge in [0.1, 0.15) is 12.2 Å². The van der Waals surface area contributed by atoms with Crippen LogP contribution < -0.4 is 0 Å². The maximum absolute atomic E-state index is 5.66. The van der Waals surface area contributed by atoms with Crippen molar-refractivity contribution in [2.75, 3.05) is 13.2 Å². The van der Waals surface area contributed by atoms with Crippen LogP contribution in [0.4, 0.5) is 0 Å². The minimum atomic E-state index is 0.185. The molecule has 3 heteroatoms. The highest BCUT2D eigenvalue weighted by Gasteiger charge is 2.38. The van der Waals surface area contributed by atoms with Crippen molar-refractivity contribution in [3.63, 3.8) is 0 Å². The van der Waals surface area contributed by atoms with Gasteiger partial charge in [-0.15, -0.1) is 0 Å². The second kappa shape index (κ2) is 7.36. The van der Waals surface area contributed by atoms with Crippen molar-refractivity contribution in [2.45, 2.75) is 25.4 Å². The molecule has 0 bridgehead atoms. The Morgan fingerprint density at radius 2 is 1.10 bits per heavy atom. The maximum atomic E-state index is 5.66. The van der Waals surface area contributed by atoms with E-state index < -0.39 is 0 Å².